The van der Waals surface area contributed by atoms with Crippen molar-refractivity contribution in [1.29, 1.82) is 0 Å². The average Bonchev–Trinajstić information content (AvgIpc) is 2.24. The molecule has 1 aromatic rings. The second kappa shape index (κ2) is 4.77. The van der Waals surface area contributed by atoms with Gasteiger partial charge in [-0.1, -0.05) is 24.3 Å². The van der Waals surface area contributed by atoms with E-state index in [1.165, 1.54) is 11.1 Å². The highest BCUT2D eigenvalue weighted by molar-refractivity contribution is 5.26. The molecule has 1 fully saturated rings. The fourth-order valence-electron chi connectivity index (χ4n) is 2.15. The number of nitrogens with two attached hydrogens (primary N) is 1. The van der Waals surface area contributed by atoms with Crippen LogP contribution < -0.4 is 5.73 Å². The Balaban J connectivity index is 2.04. The van der Waals surface area contributed by atoms with Gasteiger partial charge in [0.25, 0.3) is 0 Å². The van der Waals surface area contributed by atoms with Crippen LogP contribution in [-0.2, 0) is 11.2 Å². The molecule has 2 heteroatoms. The van der Waals surface area contributed by atoms with Gasteiger partial charge in [-0.25, -0.2) is 0 Å². The lowest BCUT2D eigenvalue weighted by atomic mass is 9.89. The third-order valence-corrected chi connectivity index (χ3v) is 3.28. The lowest BCUT2D eigenvalue weighted by molar-refractivity contribution is 0.0422. The molecule has 1 heterocycles. The molecule has 0 aliphatic carbocycles. The van der Waals surface area contributed by atoms with Crippen LogP contribution in [0.1, 0.15) is 17.5 Å². The van der Waals surface area contributed by atoms with Crippen LogP contribution in [0.15, 0.2) is 24.3 Å². The van der Waals surface area contributed by atoms with E-state index in [1.807, 2.05) is 0 Å². The summed E-state index contributed by atoms with van der Waals surface area (Å²) in [4.78, 5) is 0. The van der Waals surface area contributed by atoms with Crippen molar-refractivity contribution in [3.8, 4) is 0 Å². The maximum absolute atomic E-state index is 6.10. The molecular weight excluding hydrogens is 186 g/mol. The van der Waals surface area contributed by atoms with Crippen molar-refractivity contribution in [2.45, 2.75) is 25.8 Å². The summed E-state index contributed by atoms with van der Waals surface area (Å²) in [5.74, 6) is 0.486. The van der Waals surface area contributed by atoms with Crippen molar-refractivity contribution in [2.75, 3.05) is 13.2 Å². The molecule has 1 aliphatic rings. The van der Waals surface area contributed by atoms with Gasteiger partial charge in [-0.2, -0.15) is 0 Å². The Bertz CT molecular complexity index is 324. The predicted molar refractivity (Wildman–Crippen MR) is 61.8 cm³/mol. The molecule has 0 aromatic heterocycles. The number of rotatable bonds is 2. The van der Waals surface area contributed by atoms with Crippen molar-refractivity contribution >= 4 is 0 Å². The van der Waals surface area contributed by atoms with E-state index in [0.29, 0.717) is 12.0 Å². The average molecular weight is 205 g/mol. The summed E-state index contributed by atoms with van der Waals surface area (Å²) in [7, 11) is 0. The molecule has 1 aliphatic heterocycles. The minimum atomic E-state index is 0.304. The van der Waals surface area contributed by atoms with E-state index in [0.717, 1.165) is 26.1 Å². The summed E-state index contributed by atoms with van der Waals surface area (Å²) >= 11 is 0. The molecule has 2 nitrogen and oxygen atoms in total. The van der Waals surface area contributed by atoms with Gasteiger partial charge in [-0.05, 0) is 30.9 Å². The van der Waals surface area contributed by atoms with Crippen LogP contribution in [0, 0.1) is 12.8 Å². The van der Waals surface area contributed by atoms with Gasteiger partial charge in [0.2, 0.25) is 0 Å². The first kappa shape index (κ1) is 10.7. The SMILES string of the molecule is Cc1ccccc1C[C@@H]1COCC[C@H]1N. The molecule has 2 rings (SSSR count). The summed E-state index contributed by atoms with van der Waals surface area (Å²) in [6.07, 6.45) is 2.05. The number of benzene rings is 1. The van der Waals surface area contributed by atoms with E-state index < -0.39 is 0 Å². The number of hydrogen-bond acceptors (Lipinski definition) is 2. The van der Waals surface area contributed by atoms with E-state index in [9.17, 15) is 0 Å². The monoisotopic (exact) mass is 205 g/mol. The van der Waals surface area contributed by atoms with Crippen LogP contribution in [0.3, 0.4) is 0 Å². The molecule has 0 saturated carbocycles. The van der Waals surface area contributed by atoms with Crippen LogP contribution in [0.2, 0.25) is 0 Å². The fraction of sp³-hybridized carbons (Fsp3) is 0.538. The third-order valence-electron chi connectivity index (χ3n) is 3.28. The van der Waals surface area contributed by atoms with Crippen LogP contribution in [0.25, 0.3) is 0 Å². The molecular formula is C13H19NO. The van der Waals surface area contributed by atoms with Gasteiger partial charge in [-0.15, -0.1) is 0 Å². The van der Waals surface area contributed by atoms with Crippen molar-refractivity contribution in [1.82, 2.24) is 0 Å². The summed E-state index contributed by atoms with van der Waals surface area (Å²) in [6.45, 7) is 3.80. The lowest BCUT2D eigenvalue weighted by Crippen LogP contribution is -2.39. The Labute approximate surface area is 91.4 Å². The zero-order valence-corrected chi connectivity index (χ0v) is 9.28. The van der Waals surface area contributed by atoms with Gasteiger partial charge in [0.05, 0.1) is 6.61 Å². The van der Waals surface area contributed by atoms with Crippen LogP contribution in [0.4, 0.5) is 0 Å². The van der Waals surface area contributed by atoms with Gasteiger partial charge < -0.3 is 10.5 Å². The lowest BCUT2D eigenvalue weighted by Gasteiger charge is -2.29. The molecule has 15 heavy (non-hydrogen) atoms. The van der Waals surface area contributed by atoms with E-state index in [2.05, 4.69) is 31.2 Å². The van der Waals surface area contributed by atoms with Gasteiger partial charge >= 0.3 is 0 Å². The Morgan fingerprint density at radius 3 is 2.93 bits per heavy atom. The number of hydrogen-bond donors (Lipinski definition) is 1. The van der Waals surface area contributed by atoms with E-state index in [4.69, 9.17) is 10.5 Å². The fourth-order valence-corrected chi connectivity index (χ4v) is 2.15. The first-order valence-electron chi connectivity index (χ1n) is 5.65. The normalized spacial score (nSPS) is 26.5. The Morgan fingerprint density at radius 1 is 1.40 bits per heavy atom. The molecule has 0 spiro atoms. The molecule has 1 aromatic carbocycles. The van der Waals surface area contributed by atoms with Crippen LogP contribution in [0.5, 0.6) is 0 Å². The number of aryl methyl sites for hydroxylation is 1. The minimum Gasteiger partial charge on any atom is -0.381 e. The first-order valence-corrected chi connectivity index (χ1v) is 5.65. The Hall–Kier alpha value is -0.860. The van der Waals surface area contributed by atoms with Crippen molar-refractivity contribution in [2.24, 2.45) is 11.7 Å². The second-order valence-corrected chi connectivity index (χ2v) is 4.42. The summed E-state index contributed by atoms with van der Waals surface area (Å²) in [5, 5.41) is 0. The zero-order valence-electron chi connectivity index (χ0n) is 9.28. The standard InChI is InChI=1S/C13H19NO/c1-10-4-2-3-5-11(10)8-12-9-15-7-6-13(12)14/h2-5,12-13H,6-9,14H2,1H3/t12-,13-/m1/s1. The van der Waals surface area contributed by atoms with Crippen LogP contribution >= 0.6 is 0 Å². The van der Waals surface area contributed by atoms with E-state index in [-0.39, 0.29) is 0 Å². The van der Waals surface area contributed by atoms with E-state index in [1.54, 1.807) is 0 Å². The highest BCUT2D eigenvalue weighted by atomic mass is 16.5. The summed E-state index contributed by atoms with van der Waals surface area (Å²) < 4.78 is 5.48. The predicted octanol–water partition coefficient (Wildman–Crippen LogP) is 1.90. The molecule has 2 N–H and O–H groups in total. The molecule has 1 saturated heterocycles. The summed E-state index contributed by atoms with van der Waals surface area (Å²) in [5.41, 5.74) is 8.86. The third kappa shape index (κ3) is 2.58. The van der Waals surface area contributed by atoms with Gasteiger partial charge in [0, 0.05) is 18.6 Å². The molecule has 0 radical (unpaired) electrons. The second-order valence-electron chi connectivity index (χ2n) is 4.42. The van der Waals surface area contributed by atoms with Crippen molar-refractivity contribution in [3.63, 3.8) is 0 Å². The Morgan fingerprint density at radius 2 is 2.20 bits per heavy atom. The molecule has 0 amide bonds. The minimum absolute atomic E-state index is 0.304. The summed E-state index contributed by atoms with van der Waals surface area (Å²) in [6, 6.07) is 8.83. The Kier molecular flexibility index (Phi) is 3.39. The van der Waals surface area contributed by atoms with Crippen molar-refractivity contribution < 1.29 is 4.74 Å². The molecule has 2 atom stereocenters. The van der Waals surface area contributed by atoms with Gasteiger partial charge in [0.15, 0.2) is 0 Å². The maximum Gasteiger partial charge on any atom is 0.0512 e. The van der Waals surface area contributed by atoms with E-state index >= 15 is 0 Å². The van der Waals surface area contributed by atoms with Crippen molar-refractivity contribution in [3.05, 3.63) is 35.4 Å². The maximum atomic E-state index is 6.10. The quantitative estimate of drug-likeness (QED) is 0.800. The molecule has 0 bridgehead atoms. The smallest absolute Gasteiger partial charge is 0.0512 e. The molecule has 82 valence electrons. The number of ether oxygens (including phenoxy) is 1. The first-order chi connectivity index (χ1) is 7.27. The van der Waals surface area contributed by atoms with Gasteiger partial charge in [0.1, 0.15) is 0 Å². The van der Waals surface area contributed by atoms with Gasteiger partial charge in [-0.3, -0.25) is 0 Å². The largest absolute Gasteiger partial charge is 0.381 e. The highest BCUT2D eigenvalue weighted by Gasteiger charge is 2.22. The molecule has 0 unspecified atom stereocenters. The van der Waals surface area contributed by atoms with Crippen LogP contribution in [-0.4, -0.2) is 19.3 Å². The zero-order chi connectivity index (χ0) is 10.7. The topological polar surface area (TPSA) is 35.2 Å². The highest BCUT2D eigenvalue weighted by Crippen LogP contribution is 2.20.